The number of ether oxygens (including phenoxy) is 1. The molecule has 7 heteroatoms. The van der Waals surface area contributed by atoms with E-state index in [0.29, 0.717) is 29.2 Å². The number of methoxy groups -OCH3 is 1. The Bertz CT molecular complexity index is 822. The summed E-state index contributed by atoms with van der Waals surface area (Å²) in [6.07, 6.45) is 0.398. The number of hydrogen-bond donors (Lipinski definition) is 3. The average molecular weight is 376 g/mol. The lowest BCUT2D eigenvalue weighted by Crippen LogP contribution is -2.16. The molecule has 2 aromatic rings. The van der Waals surface area contributed by atoms with Gasteiger partial charge in [0.2, 0.25) is 5.91 Å². The van der Waals surface area contributed by atoms with Crippen LogP contribution in [0, 0.1) is 5.92 Å². The van der Waals surface area contributed by atoms with Gasteiger partial charge in [-0.15, -0.1) is 0 Å². The topological polar surface area (TPSA) is 93.5 Å². The fourth-order valence-corrected chi connectivity index (χ4v) is 2.57. The highest BCUT2D eigenvalue weighted by atomic mass is 35.5. The zero-order chi connectivity index (χ0) is 19.3. The van der Waals surface area contributed by atoms with Gasteiger partial charge in [0.15, 0.2) is 0 Å². The van der Waals surface area contributed by atoms with E-state index in [0.717, 1.165) is 0 Å². The second-order valence-corrected chi connectivity index (χ2v) is 6.66. The van der Waals surface area contributed by atoms with Crippen molar-refractivity contribution in [3.05, 3.63) is 47.0 Å². The Morgan fingerprint density at radius 2 is 1.77 bits per heavy atom. The lowest BCUT2D eigenvalue weighted by atomic mass is 10.1. The molecule has 0 aromatic heterocycles. The van der Waals surface area contributed by atoms with Crippen LogP contribution in [0.1, 0.15) is 30.6 Å². The molecule has 0 spiro atoms. The van der Waals surface area contributed by atoms with E-state index in [1.807, 2.05) is 13.8 Å². The van der Waals surface area contributed by atoms with Crippen molar-refractivity contribution in [2.45, 2.75) is 20.3 Å². The standard InChI is InChI=1S/C19H22ClN3O3/c1-11(2)8-18(24)22-12-4-6-15(20)14(9-12)19(25)23-13-5-7-17(26-3)16(21)10-13/h4-7,9-11H,8,21H2,1-3H3,(H,22,24)(H,23,25). The fourth-order valence-electron chi connectivity index (χ4n) is 2.37. The molecule has 2 aromatic carbocycles. The van der Waals surface area contributed by atoms with Crippen molar-refractivity contribution in [2.24, 2.45) is 5.92 Å². The van der Waals surface area contributed by atoms with Gasteiger partial charge in [0.05, 0.1) is 23.4 Å². The number of nitrogens with one attached hydrogen (secondary N) is 2. The summed E-state index contributed by atoms with van der Waals surface area (Å²) in [6, 6.07) is 9.71. The zero-order valence-corrected chi connectivity index (χ0v) is 15.7. The van der Waals surface area contributed by atoms with Crippen LogP contribution in [0.15, 0.2) is 36.4 Å². The summed E-state index contributed by atoms with van der Waals surface area (Å²) >= 11 is 6.14. The summed E-state index contributed by atoms with van der Waals surface area (Å²) in [5.41, 5.74) is 7.53. The van der Waals surface area contributed by atoms with Crippen molar-refractivity contribution in [2.75, 3.05) is 23.5 Å². The SMILES string of the molecule is COc1ccc(NC(=O)c2cc(NC(=O)CC(C)C)ccc2Cl)cc1N. The molecule has 2 amide bonds. The first-order chi connectivity index (χ1) is 12.3. The third kappa shape index (κ3) is 5.13. The van der Waals surface area contributed by atoms with Crippen LogP contribution in [0.25, 0.3) is 0 Å². The summed E-state index contributed by atoms with van der Waals surface area (Å²) in [5.74, 6) is 0.248. The van der Waals surface area contributed by atoms with Crippen LogP contribution in [0.4, 0.5) is 17.1 Å². The molecule has 4 N–H and O–H groups in total. The molecule has 26 heavy (non-hydrogen) atoms. The summed E-state index contributed by atoms with van der Waals surface area (Å²) in [5, 5.41) is 5.79. The lowest BCUT2D eigenvalue weighted by molar-refractivity contribution is -0.116. The fraction of sp³-hybridized carbons (Fsp3) is 0.263. The molecule has 138 valence electrons. The number of benzene rings is 2. The van der Waals surface area contributed by atoms with Crippen molar-refractivity contribution < 1.29 is 14.3 Å². The quantitative estimate of drug-likeness (QED) is 0.660. The molecule has 0 unspecified atom stereocenters. The number of nitrogens with two attached hydrogens (primary N) is 1. The molecule has 0 fully saturated rings. The van der Waals surface area contributed by atoms with Crippen molar-refractivity contribution in [3.63, 3.8) is 0 Å². The summed E-state index contributed by atoms with van der Waals surface area (Å²) in [7, 11) is 1.52. The van der Waals surface area contributed by atoms with Crippen LogP contribution in [0.5, 0.6) is 5.75 Å². The van der Waals surface area contributed by atoms with E-state index in [9.17, 15) is 9.59 Å². The van der Waals surface area contributed by atoms with Crippen molar-refractivity contribution in [3.8, 4) is 5.75 Å². The summed E-state index contributed by atoms with van der Waals surface area (Å²) < 4.78 is 5.09. The molecule has 0 heterocycles. The number of hydrogen-bond acceptors (Lipinski definition) is 4. The molecule has 6 nitrogen and oxygen atoms in total. The van der Waals surface area contributed by atoms with Crippen LogP contribution in [-0.4, -0.2) is 18.9 Å². The zero-order valence-electron chi connectivity index (χ0n) is 14.9. The molecule has 0 aliphatic heterocycles. The van der Waals surface area contributed by atoms with E-state index < -0.39 is 5.91 Å². The Morgan fingerprint density at radius 3 is 2.38 bits per heavy atom. The molecule has 0 saturated heterocycles. The van der Waals surface area contributed by atoms with Gasteiger partial charge >= 0.3 is 0 Å². The average Bonchev–Trinajstić information content (AvgIpc) is 2.56. The van der Waals surface area contributed by atoms with Crippen LogP contribution in [0.2, 0.25) is 5.02 Å². The smallest absolute Gasteiger partial charge is 0.257 e. The predicted molar refractivity (Wildman–Crippen MR) is 105 cm³/mol. The minimum Gasteiger partial charge on any atom is -0.495 e. The lowest BCUT2D eigenvalue weighted by Gasteiger charge is -2.12. The van der Waals surface area contributed by atoms with Gasteiger partial charge in [0.25, 0.3) is 5.91 Å². The van der Waals surface area contributed by atoms with Crippen molar-refractivity contribution in [1.82, 2.24) is 0 Å². The maximum atomic E-state index is 12.5. The van der Waals surface area contributed by atoms with Gasteiger partial charge in [-0.25, -0.2) is 0 Å². The minimum atomic E-state index is -0.403. The van der Waals surface area contributed by atoms with E-state index in [4.69, 9.17) is 22.1 Å². The maximum Gasteiger partial charge on any atom is 0.257 e. The summed E-state index contributed by atoms with van der Waals surface area (Å²) in [6.45, 7) is 3.92. The van der Waals surface area contributed by atoms with E-state index in [1.165, 1.54) is 7.11 Å². The van der Waals surface area contributed by atoms with Gasteiger partial charge in [0, 0.05) is 17.8 Å². The number of carbonyl (C=O) groups excluding carboxylic acids is 2. The number of nitrogen functional groups attached to an aromatic ring is 1. The third-order valence-electron chi connectivity index (χ3n) is 3.58. The summed E-state index contributed by atoms with van der Waals surface area (Å²) in [4.78, 5) is 24.4. The van der Waals surface area contributed by atoms with Gasteiger partial charge < -0.3 is 21.1 Å². The minimum absolute atomic E-state index is 0.114. The van der Waals surface area contributed by atoms with E-state index in [1.54, 1.807) is 36.4 Å². The largest absolute Gasteiger partial charge is 0.495 e. The molecule has 0 aliphatic rings. The van der Waals surface area contributed by atoms with Crippen molar-refractivity contribution in [1.29, 1.82) is 0 Å². The van der Waals surface area contributed by atoms with Crippen molar-refractivity contribution >= 4 is 40.5 Å². The second-order valence-electron chi connectivity index (χ2n) is 6.25. The Balaban J connectivity index is 2.16. The Hall–Kier alpha value is -2.73. The number of amides is 2. The molecule has 0 bridgehead atoms. The first kappa shape index (κ1) is 19.6. The normalized spacial score (nSPS) is 10.5. The Labute approximate surface area is 157 Å². The highest BCUT2D eigenvalue weighted by Gasteiger charge is 2.14. The second kappa shape index (κ2) is 8.58. The predicted octanol–water partition coefficient (Wildman–Crippen LogP) is 4.17. The molecular formula is C19H22ClN3O3. The van der Waals surface area contributed by atoms with Crippen LogP contribution in [0.3, 0.4) is 0 Å². The van der Waals surface area contributed by atoms with Gasteiger partial charge in [0.1, 0.15) is 5.75 Å². The molecule has 0 atom stereocenters. The third-order valence-corrected chi connectivity index (χ3v) is 3.91. The molecule has 2 rings (SSSR count). The number of anilines is 3. The molecular weight excluding hydrogens is 354 g/mol. The highest BCUT2D eigenvalue weighted by Crippen LogP contribution is 2.26. The monoisotopic (exact) mass is 375 g/mol. The molecule has 0 aliphatic carbocycles. The van der Waals surface area contributed by atoms with E-state index in [-0.39, 0.29) is 22.4 Å². The van der Waals surface area contributed by atoms with Crippen LogP contribution in [-0.2, 0) is 4.79 Å². The van der Waals surface area contributed by atoms with Gasteiger partial charge in [-0.05, 0) is 42.3 Å². The van der Waals surface area contributed by atoms with Crippen LogP contribution < -0.4 is 21.1 Å². The van der Waals surface area contributed by atoms with Gasteiger partial charge in [-0.1, -0.05) is 25.4 Å². The number of carbonyl (C=O) groups is 2. The van der Waals surface area contributed by atoms with Gasteiger partial charge in [-0.3, -0.25) is 9.59 Å². The van der Waals surface area contributed by atoms with Crippen LogP contribution >= 0.6 is 11.6 Å². The highest BCUT2D eigenvalue weighted by molar-refractivity contribution is 6.34. The maximum absolute atomic E-state index is 12.5. The number of halogens is 1. The van der Waals surface area contributed by atoms with Gasteiger partial charge in [-0.2, -0.15) is 0 Å². The van der Waals surface area contributed by atoms with E-state index in [2.05, 4.69) is 10.6 Å². The molecule has 0 saturated carbocycles. The first-order valence-corrected chi connectivity index (χ1v) is 8.52. The number of rotatable bonds is 6. The molecule has 0 radical (unpaired) electrons. The Morgan fingerprint density at radius 1 is 1.12 bits per heavy atom. The first-order valence-electron chi connectivity index (χ1n) is 8.14. The van der Waals surface area contributed by atoms with E-state index >= 15 is 0 Å². The Kier molecular flexibility index (Phi) is 6.46.